The van der Waals surface area contributed by atoms with E-state index < -0.39 is 0 Å². The molecule has 4 aromatic rings. The Kier molecular flexibility index (Phi) is 9.05. The van der Waals surface area contributed by atoms with Crippen LogP contribution in [-0.2, 0) is 6.61 Å². The summed E-state index contributed by atoms with van der Waals surface area (Å²) >= 11 is 13.0. The highest BCUT2D eigenvalue weighted by Gasteiger charge is 2.16. The van der Waals surface area contributed by atoms with Crippen LogP contribution in [-0.4, -0.2) is 22.5 Å². The zero-order chi connectivity index (χ0) is 26.5. The summed E-state index contributed by atoms with van der Waals surface area (Å²) < 4.78 is 14.8. The smallest absolute Gasteiger partial charge is 0.282 e. The monoisotopic (exact) mass is 645 g/mol. The summed E-state index contributed by atoms with van der Waals surface area (Å²) in [6.07, 6.45) is 2.45. The van der Waals surface area contributed by atoms with Crippen molar-refractivity contribution in [2.24, 2.45) is 5.10 Å². The Balaban J connectivity index is 1.71. The van der Waals surface area contributed by atoms with Crippen LogP contribution in [0.1, 0.15) is 50.1 Å². The van der Waals surface area contributed by atoms with Gasteiger partial charge in [0.25, 0.3) is 5.56 Å². The van der Waals surface area contributed by atoms with Crippen LogP contribution >= 0.6 is 43.5 Å². The molecule has 0 bridgehead atoms. The van der Waals surface area contributed by atoms with Gasteiger partial charge in [0.05, 0.1) is 23.7 Å². The Hall–Kier alpha value is -2.68. The molecule has 0 spiro atoms. The first-order chi connectivity index (χ1) is 17.8. The molecule has 9 heteroatoms. The van der Waals surface area contributed by atoms with E-state index in [1.165, 1.54) is 4.68 Å². The van der Waals surface area contributed by atoms with Crippen molar-refractivity contribution in [2.75, 3.05) is 6.61 Å². The lowest BCUT2D eigenvalue weighted by Crippen LogP contribution is -2.23. The van der Waals surface area contributed by atoms with Crippen LogP contribution in [0.5, 0.6) is 11.5 Å². The molecule has 6 nitrogen and oxygen atoms in total. The number of hydrogen-bond donors (Lipinski definition) is 0. The van der Waals surface area contributed by atoms with Gasteiger partial charge in [-0.05, 0) is 77.3 Å². The molecule has 0 unspecified atom stereocenters. The molecule has 1 heterocycles. The van der Waals surface area contributed by atoms with E-state index in [9.17, 15) is 4.79 Å². The third-order valence-corrected chi connectivity index (χ3v) is 7.30. The maximum Gasteiger partial charge on any atom is 0.282 e. The van der Waals surface area contributed by atoms with E-state index >= 15 is 0 Å². The number of rotatable bonds is 9. The molecule has 37 heavy (non-hydrogen) atoms. The van der Waals surface area contributed by atoms with Crippen LogP contribution in [0.15, 0.2) is 73.4 Å². The summed E-state index contributed by atoms with van der Waals surface area (Å²) in [6.45, 7) is 6.84. The van der Waals surface area contributed by atoms with Crippen LogP contribution in [0, 0.1) is 0 Å². The predicted molar refractivity (Wildman–Crippen MR) is 156 cm³/mol. The number of nitrogens with zero attached hydrogens (tertiary/aromatic N) is 3. The maximum atomic E-state index is 13.4. The minimum atomic E-state index is -0.220. The second kappa shape index (κ2) is 12.2. The van der Waals surface area contributed by atoms with Gasteiger partial charge >= 0.3 is 0 Å². The normalized spacial score (nSPS) is 12.3. The molecule has 1 atom stereocenters. The van der Waals surface area contributed by atoms with Crippen LogP contribution in [0.25, 0.3) is 10.9 Å². The van der Waals surface area contributed by atoms with Crippen molar-refractivity contribution >= 4 is 60.6 Å². The fourth-order valence-electron chi connectivity index (χ4n) is 3.67. The zero-order valence-corrected chi connectivity index (χ0v) is 24.6. The van der Waals surface area contributed by atoms with Gasteiger partial charge in [0, 0.05) is 25.4 Å². The molecule has 0 aliphatic carbocycles. The average molecular weight is 648 g/mol. The van der Waals surface area contributed by atoms with E-state index in [1.807, 2.05) is 62.4 Å². The van der Waals surface area contributed by atoms with Crippen molar-refractivity contribution in [1.82, 2.24) is 9.66 Å². The molecular weight excluding hydrogens is 622 g/mol. The Morgan fingerprint density at radius 2 is 1.78 bits per heavy atom. The first kappa shape index (κ1) is 27.4. The van der Waals surface area contributed by atoms with Gasteiger partial charge in [0.15, 0.2) is 11.5 Å². The highest BCUT2D eigenvalue weighted by atomic mass is 79.9. The molecule has 0 saturated heterocycles. The highest BCUT2D eigenvalue weighted by molar-refractivity contribution is 9.10. The second-order valence-electron chi connectivity index (χ2n) is 8.47. The molecule has 0 radical (unpaired) electrons. The summed E-state index contributed by atoms with van der Waals surface area (Å²) in [5.74, 6) is 1.83. The largest absolute Gasteiger partial charge is 0.490 e. The zero-order valence-electron chi connectivity index (χ0n) is 20.7. The Morgan fingerprint density at radius 1 is 1.05 bits per heavy atom. The summed E-state index contributed by atoms with van der Waals surface area (Å²) in [4.78, 5) is 18.2. The van der Waals surface area contributed by atoms with Crippen molar-refractivity contribution < 1.29 is 9.47 Å². The molecule has 0 saturated carbocycles. The van der Waals surface area contributed by atoms with Crippen LogP contribution in [0.3, 0.4) is 0 Å². The molecule has 0 fully saturated rings. The van der Waals surface area contributed by atoms with E-state index in [1.54, 1.807) is 12.3 Å². The number of hydrogen-bond acceptors (Lipinski definition) is 5. The van der Waals surface area contributed by atoms with E-state index in [-0.39, 0.29) is 11.5 Å². The van der Waals surface area contributed by atoms with E-state index in [0.717, 1.165) is 26.5 Å². The average Bonchev–Trinajstić information content (AvgIpc) is 2.89. The predicted octanol–water partition coefficient (Wildman–Crippen LogP) is 7.95. The van der Waals surface area contributed by atoms with E-state index in [2.05, 4.69) is 43.9 Å². The minimum Gasteiger partial charge on any atom is -0.490 e. The van der Waals surface area contributed by atoms with Crippen LogP contribution in [0.2, 0.25) is 5.02 Å². The standard InChI is InChI=1S/C28H26Br2ClN3O3/c1-4-17(3)27-33-24-11-8-20(29)13-22(24)28(35)34(27)32-15-19-12-25(36-5-2)26(14-23(19)30)37-16-18-6-9-21(31)10-7-18/h6-15,17H,4-5,16H2,1-3H3/t17-/m0/s1. The van der Waals surface area contributed by atoms with Crippen molar-refractivity contribution in [3.05, 3.63) is 95.9 Å². The van der Waals surface area contributed by atoms with E-state index in [4.69, 9.17) is 26.1 Å². The maximum absolute atomic E-state index is 13.4. The molecule has 0 N–H and O–H groups in total. The fraction of sp³-hybridized carbons (Fsp3) is 0.250. The third kappa shape index (κ3) is 6.43. The summed E-state index contributed by atoms with van der Waals surface area (Å²) in [5.41, 5.74) is 2.15. The van der Waals surface area contributed by atoms with Gasteiger partial charge in [-0.2, -0.15) is 9.78 Å². The van der Waals surface area contributed by atoms with Gasteiger partial charge < -0.3 is 9.47 Å². The fourth-order valence-corrected chi connectivity index (χ4v) is 4.58. The minimum absolute atomic E-state index is 0.0453. The first-order valence-corrected chi connectivity index (χ1v) is 13.9. The summed E-state index contributed by atoms with van der Waals surface area (Å²) in [5, 5.41) is 5.76. The van der Waals surface area contributed by atoms with Crippen molar-refractivity contribution in [3.63, 3.8) is 0 Å². The highest BCUT2D eigenvalue weighted by Crippen LogP contribution is 2.34. The van der Waals surface area contributed by atoms with Crippen molar-refractivity contribution in [2.45, 2.75) is 39.7 Å². The molecule has 0 aliphatic heterocycles. The van der Waals surface area contributed by atoms with Gasteiger partial charge in [-0.1, -0.05) is 53.5 Å². The number of ether oxygens (including phenoxy) is 2. The van der Waals surface area contributed by atoms with Gasteiger partial charge in [0.2, 0.25) is 0 Å². The van der Waals surface area contributed by atoms with Crippen molar-refractivity contribution in [3.8, 4) is 11.5 Å². The first-order valence-electron chi connectivity index (χ1n) is 11.9. The molecule has 3 aromatic carbocycles. The summed E-state index contributed by atoms with van der Waals surface area (Å²) in [6, 6.07) is 16.7. The van der Waals surface area contributed by atoms with Gasteiger partial charge in [-0.15, -0.1) is 0 Å². The third-order valence-electron chi connectivity index (χ3n) is 5.87. The van der Waals surface area contributed by atoms with Crippen LogP contribution in [0.4, 0.5) is 0 Å². The molecule has 0 aliphatic rings. The number of fused-ring (bicyclic) bond motifs is 1. The SMILES string of the molecule is CCOc1cc(C=Nn2c([C@@H](C)CC)nc3ccc(Br)cc3c2=O)c(Br)cc1OCc1ccc(Cl)cc1. The summed E-state index contributed by atoms with van der Waals surface area (Å²) in [7, 11) is 0. The Bertz CT molecular complexity index is 1500. The number of aromatic nitrogens is 2. The number of benzene rings is 3. The van der Waals surface area contributed by atoms with Crippen LogP contribution < -0.4 is 15.0 Å². The Labute approximate surface area is 237 Å². The number of halogens is 3. The molecule has 0 amide bonds. The van der Waals surface area contributed by atoms with Crippen molar-refractivity contribution in [1.29, 1.82) is 0 Å². The van der Waals surface area contributed by atoms with Gasteiger partial charge in [0.1, 0.15) is 12.4 Å². The molecule has 4 rings (SSSR count). The van der Waals surface area contributed by atoms with Gasteiger partial charge in [-0.25, -0.2) is 4.98 Å². The van der Waals surface area contributed by atoms with E-state index in [0.29, 0.717) is 46.5 Å². The van der Waals surface area contributed by atoms with Gasteiger partial charge in [-0.3, -0.25) is 4.79 Å². The quantitative estimate of drug-likeness (QED) is 0.173. The lowest BCUT2D eigenvalue weighted by molar-refractivity contribution is 0.269. The molecule has 192 valence electrons. The molecular formula is C28H26Br2ClN3O3. The molecule has 1 aromatic heterocycles. The topological polar surface area (TPSA) is 65.7 Å². The lowest BCUT2D eigenvalue weighted by atomic mass is 10.1. The lowest BCUT2D eigenvalue weighted by Gasteiger charge is -2.15. The second-order valence-corrected chi connectivity index (χ2v) is 10.7. The Morgan fingerprint density at radius 3 is 2.49 bits per heavy atom.